The van der Waals surface area contributed by atoms with Gasteiger partial charge in [-0.1, -0.05) is 12.1 Å². The zero-order chi connectivity index (χ0) is 18.9. The van der Waals surface area contributed by atoms with Gasteiger partial charge in [0, 0.05) is 11.8 Å². The fourth-order valence-corrected chi connectivity index (χ4v) is 3.06. The van der Waals surface area contributed by atoms with Gasteiger partial charge in [-0.15, -0.1) is 0 Å². The van der Waals surface area contributed by atoms with Crippen molar-refractivity contribution in [2.75, 3.05) is 29.0 Å². The molecule has 1 aliphatic rings. The first-order valence-corrected chi connectivity index (χ1v) is 8.27. The van der Waals surface area contributed by atoms with E-state index in [1.165, 1.54) is 0 Å². The van der Waals surface area contributed by atoms with E-state index in [1.807, 2.05) is 24.8 Å². The van der Waals surface area contributed by atoms with Crippen LogP contribution in [0.2, 0.25) is 0 Å². The smallest absolute Gasteiger partial charge is 0.250 e. The highest BCUT2D eigenvalue weighted by atomic mass is 16.5. The van der Waals surface area contributed by atoms with Gasteiger partial charge in [-0.2, -0.15) is 0 Å². The molecule has 1 heterocycles. The average Bonchev–Trinajstić information content (AvgIpc) is 2.53. The van der Waals surface area contributed by atoms with Gasteiger partial charge in [-0.05, 0) is 38.1 Å². The van der Waals surface area contributed by atoms with E-state index in [0.717, 1.165) is 5.69 Å². The van der Waals surface area contributed by atoms with Gasteiger partial charge in [0.25, 0.3) is 5.91 Å². The minimum atomic E-state index is -0.589. The summed E-state index contributed by atoms with van der Waals surface area (Å²) in [6.45, 7) is 4.55. The molecule has 0 bridgehead atoms. The van der Waals surface area contributed by atoms with Crippen molar-refractivity contribution in [1.82, 2.24) is 0 Å². The predicted octanol–water partition coefficient (Wildman–Crippen LogP) is 1.98. The van der Waals surface area contributed by atoms with Crippen LogP contribution in [0.3, 0.4) is 0 Å². The van der Waals surface area contributed by atoms with Crippen molar-refractivity contribution < 1.29 is 14.3 Å². The molecule has 0 radical (unpaired) electrons. The molecule has 0 spiro atoms. The number of carbonyl (C=O) groups is 2. The molecule has 0 fully saturated rings. The number of nitrogens with one attached hydrogen (secondary N) is 1. The summed E-state index contributed by atoms with van der Waals surface area (Å²) in [5.74, 6) is -0.194. The van der Waals surface area contributed by atoms with Gasteiger partial charge < -0.3 is 26.4 Å². The van der Waals surface area contributed by atoms with E-state index in [0.29, 0.717) is 23.7 Å². The molecule has 3 rings (SSSR count). The molecule has 0 aliphatic carbocycles. The maximum atomic E-state index is 12.6. The van der Waals surface area contributed by atoms with E-state index in [1.54, 1.807) is 36.4 Å². The maximum Gasteiger partial charge on any atom is 0.250 e. The number of fused-ring (bicyclic) bond motifs is 1. The fraction of sp³-hybridized carbons (Fsp3) is 0.263. The van der Waals surface area contributed by atoms with Gasteiger partial charge in [-0.25, -0.2) is 0 Å². The summed E-state index contributed by atoms with van der Waals surface area (Å²) in [5.41, 5.74) is 12.8. The van der Waals surface area contributed by atoms with E-state index in [9.17, 15) is 9.59 Å². The summed E-state index contributed by atoms with van der Waals surface area (Å²) >= 11 is 0. The molecule has 0 atom stereocenters. The van der Waals surface area contributed by atoms with Crippen molar-refractivity contribution in [2.45, 2.75) is 19.4 Å². The van der Waals surface area contributed by atoms with E-state index >= 15 is 0 Å². The molecule has 2 aromatic carbocycles. The summed E-state index contributed by atoms with van der Waals surface area (Å²) in [5, 5.41) is 2.76. The summed E-state index contributed by atoms with van der Waals surface area (Å²) < 4.78 is 5.97. The quantitative estimate of drug-likeness (QED) is 0.727. The van der Waals surface area contributed by atoms with Crippen LogP contribution in [-0.2, 0) is 4.79 Å². The molecule has 5 N–H and O–H groups in total. The number of rotatable bonds is 4. The van der Waals surface area contributed by atoms with Gasteiger partial charge in [0.05, 0.1) is 30.0 Å². The second-order valence-electron chi connectivity index (χ2n) is 6.90. The molecule has 7 heteroatoms. The van der Waals surface area contributed by atoms with Crippen molar-refractivity contribution in [3.63, 3.8) is 0 Å². The van der Waals surface area contributed by atoms with Crippen LogP contribution in [0.4, 0.5) is 17.1 Å². The van der Waals surface area contributed by atoms with Gasteiger partial charge >= 0.3 is 0 Å². The first-order chi connectivity index (χ1) is 12.2. The Balaban J connectivity index is 1.81. The minimum absolute atomic E-state index is 0.108. The molecule has 0 aromatic heterocycles. The second kappa shape index (κ2) is 6.59. The molecule has 7 nitrogen and oxygen atoms in total. The molecule has 0 saturated heterocycles. The Bertz CT molecular complexity index is 864. The number of nitrogens with zero attached hydrogens (tertiary/aromatic N) is 1. The van der Waals surface area contributed by atoms with Crippen LogP contribution >= 0.6 is 0 Å². The van der Waals surface area contributed by atoms with Crippen LogP contribution in [-0.4, -0.2) is 30.5 Å². The Labute approximate surface area is 151 Å². The third-order valence-corrected chi connectivity index (χ3v) is 4.08. The predicted molar refractivity (Wildman–Crippen MR) is 101 cm³/mol. The lowest BCUT2D eigenvalue weighted by Gasteiger charge is -2.40. The molecule has 26 heavy (non-hydrogen) atoms. The summed E-state index contributed by atoms with van der Waals surface area (Å²) in [4.78, 5) is 26.0. The van der Waals surface area contributed by atoms with E-state index < -0.39 is 11.5 Å². The Morgan fingerprint density at radius 2 is 1.96 bits per heavy atom. The molecule has 0 unspecified atom stereocenters. The van der Waals surface area contributed by atoms with Crippen LogP contribution in [0.25, 0.3) is 0 Å². The molecule has 2 amide bonds. The van der Waals surface area contributed by atoms with Crippen LogP contribution in [0.1, 0.15) is 24.2 Å². The SMILES string of the molecule is CC1(C)CN(CC(=O)Nc2ccccc2C(N)=O)c2ccc(N)cc2O1. The Kier molecular flexibility index (Phi) is 4.46. The van der Waals surface area contributed by atoms with Crippen molar-refractivity contribution in [2.24, 2.45) is 5.73 Å². The number of primary amides is 1. The zero-order valence-electron chi connectivity index (χ0n) is 14.8. The van der Waals surface area contributed by atoms with Crippen LogP contribution < -0.4 is 26.4 Å². The normalized spacial score (nSPS) is 14.9. The Morgan fingerprint density at radius 3 is 2.69 bits per heavy atom. The number of carbonyl (C=O) groups excluding carboxylic acids is 2. The summed E-state index contributed by atoms with van der Waals surface area (Å²) in [6.07, 6.45) is 0. The monoisotopic (exact) mass is 354 g/mol. The number of nitrogen functional groups attached to an aromatic ring is 1. The summed E-state index contributed by atoms with van der Waals surface area (Å²) in [6, 6.07) is 12.0. The largest absolute Gasteiger partial charge is 0.484 e. The highest BCUT2D eigenvalue weighted by molar-refractivity contribution is 6.04. The molecular formula is C19H22N4O3. The molecule has 1 aliphatic heterocycles. The zero-order valence-corrected chi connectivity index (χ0v) is 14.8. The lowest BCUT2D eigenvalue weighted by molar-refractivity contribution is -0.115. The van der Waals surface area contributed by atoms with Crippen molar-refractivity contribution in [3.8, 4) is 5.75 Å². The van der Waals surface area contributed by atoms with E-state index in [4.69, 9.17) is 16.2 Å². The lowest BCUT2D eigenvalue weighted by atomic mass is 10.0. The highest BCUT2D eigenvalue weighted by Gasteiger charge is 2.32. The van der Waals surface area contributed by atoms with Crippen LogP contribution in [0.15, 0.2) is 42.5 Å². The third-order valence-electron chi connectivity index (χ3n) is 4.08. The van der Waals surface area contributed by atoms with E-state index in [-0.39, 0.29) is 18.0 Å². The lowest BCUT2D eigenvalue weighted by Crippen LogP contribution is -2.49. The number of hydrogen-bond donors (Lipinski definition) is 3. The van der Waals surface area contributed by atoms with Crippen LogP contribution in [0, 0.1) is 0 Å². The van der Waals surface area contributed by atoms with Gasteiger partial charge in [0.1, 0.15) is 11.4 Å². The maximum absolute atomic E-state index is 12.6. The molecule has 2 aromatic rings. The van der Waals surface area contributed by atoms with Gasteiger partial charge in [0.2, 0.25) is 5.91 Å². The third kappa shape index (κ3) is 3.72. The molecule has 136 valence electrons. The standard InChI is InChI=1S/C19H22N4O3/c1-19(2)11-23(15-8-7-12(20)9-16(15)26-19)10-17(24)22-14-6-4-3-5-13(14)18(21)25/h3-9H,10-11,20H2,1-2H3,(H2,21,25)(H,22,24). The number of ether oxygens (including phenoxy) is 1. The highest BCUT2D eigenvalue weighted by Crippen LogP contribution is 2.38. The average molecular weight is 354 g/mol. The number of anilines is 3. The number of nitrogens with two attached hydrogens (primary N) is 2. The van der Waals surface area contributed by atoms with Crippen molar-refractivity contribution in [1.29, 1.82) is 0 Å². The van der Waals surface area contributed by atoms with Gasteiger partial charge in [-0.3, -0.25) is 9.59 Å². The van der Waals surface area contributed by atoms with Crippen molar-refractivity contribution in [3.05, 3.63) is 48.0 Å². The first-order valence-electron chi connectivity index (χ1n) is 8.27. The number of amides is 2. The Morgan fingerprint density at radius 1 is 1.23 bits per heavy atom. The fourth-order valence-electron chi connectivity index (χ4n) is 3.06. The molecule has 0 saturated carbocycles. The first kappa shape index (κ1) is 17.6. The van der Waals surface area contributed by atoms with Crippen molar-refractivity contribution >= 4 is 28.9 Å². The second-order valence-corrected chi connectivity index (χ2v) is 6.90. The molecular weight excluding hydrogens is 332 g/mol. The number of hydrogen-bond acceptors (Lipinski definition) is 5. The minimum Gasteiger partial charge on any atom is -0.484 e. The number of benzene rings is 2. The summed E-state index contributed by atoms with van der Waals surface area (Å²) in [7, 11) is 0. The Hall–Kier alpha value is -3.22. The van der Waals surface area contributed by atoms with E-state index in [2.05, 4.69) is 5.32 Å². The van der Waals surface area contributed by atoms with Gasteiger partial charge in [0.15, 0.2) is 0 Å². The topological polar surface area (TPSA) is 111 Å². The number of para-hydroxylation sites is 1. The van der Waals surface area contributed by atoms with Crippen LogP contribution in [0.5, 0.6) is 5.75 Å².